The Morgan fingerprint density at radius 2 is 1.86 bits per heavy atom. The highest BCUT2D eigenvalue weighted by molar-refractivity contribution is 8.02. The maximum Gasteiger partial charge on any atom is 0.165 e. The number of allylic oxidation sites excluding steroid dienone is 1. The normalized spacial score (nSPS) is 32.8. The van der Waals surface area contributed by atoms with Gasteiger partial charge >= 0.3 is 0 Å². The van der Waals surface area contributed by atoms with Crippen molar-refractivity contribution in [3.63, 3.8) is 0 Å². The maximum atomic E-state index is 13.1. The van der Waals surface area contributed by atoms with Crippen LogP contribution in [0.5, 0.6) is 0 Å². The first-order chi connectivity index (χ1) is 10.4. The van der Waals surface area contributed by atoms with Gasteiger partial charge in [0.15, 0.2) is 5.78 Å². The monoisotopic (exact) mass is 314 g/mol. The standard InChI is InChI=1S/C20H26OS/c1-19(2)12-7-13-20(3)17(19)11-10-15(18(20)21)14-22-16-8-5-4-6-9-16/h4-6,8-9,14,17H,7,10-13H2,1-3H3/b15-14+/t17-,20-/m0/s1. The van der Waals surface area contributed by atoms with Crippen molar-refractivity contribution in [2.24, 2.45) is 16.7 Å². The molecular formula is C20H26OS. The summed E-state index contributed by atoms with van der Waals surface area (Å²) in [5, 5.41) is 2.11. The fourth-order valence-electron chi connectivity index (χ4n) is 4.63. The molecule has 0 saturated heterocycles. The van der Waals surface area contributed by atoms with Crippen LogP contribution < -0.4 is 0 Å². The SMILES string of the molecule is CC1(C)CCC[C@]2(C)C(=O)/C(=C/Sc3ccccc3)CC[C@@H]12. The first kappa shape index (κ1) is 15.9. The molecule has 0 N–H and O–H groups in total. The van der Waals surface area contributed by atoms with Crippen LogP contribution in [0, 0.1) is 16.7 Å². The lowest BCUT2D eigenvalue weighted by Gasteiger charge is -2.52. The molecule has 118 valence electrons. The Kier molecular flexibility index (Phi) is 4.24. The summed E-state index contributed by atoms with van der Waals surface area (Å²) in [6.45, 7) is 6.94. The predicted molar refractivity (Wildman–Crippen MR) is 93.9 cm³/mol. The molecule has 0 spiro atoms. The van der Waals surface area contributed by atoms with Crippen LogP contribution in [0.15, 0.2) is 46.2 Å². The van der Waals surface area contributed by atoms with Gasteiger partial charge in [0.25, 0.3) is 0 Å². The van der Waals surface area contributed by atoms with Crippen molar-refractivity contribution in [2.75, 3.05) is 0 Å². The number of hydrogen-bond acceptors (Lipinski definition) is 2. The van der Waals surface area contributed by atoms with Gasteiger partial charge in [0.1, 0.15) is 0 Å². The Hall–Kier alpha value is -1.02. The molecule has 2 fully saturated rings. The fraction of sp³-hybridized carbons (Fsp3) is 0.550. The molecule has 0 unspecified atom stereocenters. The smallest absolute Gasteiger partial charge is 0.165 e. The molecule has 0 heterocycles. The minimum absolute atomic E-state index is 0.136. The molecule has 0 aromatic heterocycles. The van der Waals surface area contributed by atoms with Crippen molar-refractivity contribution < 1.29 is 4.79 Å². The minimum atomic E-state index is -0.136. The second-order valence-electron chi connectivity index (χ2n) is 7.75. The Morgan fingerprint density at radius 1 is 1.14 bits per heavy atom. The van der Waals surface area contributed by atoms with Gasteiger partial charge in [0, 0.05) is 15.9 Å². The van der Waals surface area contributed by atoms with E-state index in [1.807, 2.05) is 18.2 Å². The van der Waals surface area contributed by atoms with Crippen molar-refractivity contribution in [1.82, 2.24) is 0 Å². The van der Waals surface area contributed by atoms with Crippen LogP contribution in [-0.2, 0) is 4.79 Å². The number of ketones is 1. The van der Waals surface area contributed by atoms with Crippen LogP contribution in [0.25, 0.3) is 0 Å². The highest BCUT2D eigenvalue weighted by Gasteiger charge is 2.53. The van der Waals surface area contributed by atoms with Crippen LogP contribution in [0.1, 0.15) is 52.9 Å². The van der Waals surface area contributed by atoms with E-state index in [1.165, 1.54) is 17.7 Å². The van der Waals surface area contributed by atoms with Crippen LogP contribution >= 0.6 is 11.8 Å². The summed E-state index contributed by atoms with van der Waals surface area (Å²) in [6, 6.07) is 10.3. The van der Waals surface area contributed by atoms with Crippen molar-refractivity contribution in [3.8, 4) is 0 Å². The van der Waals surface area contributed by atoms with Gasteiger partial charge in [-0.1, -0.05) is 57.2 Å². The first-order valence-corrected chi connectivity index (χ1v) is 9.27. The third-order valence-corrected chi connectivity index (χ3v) is 6.77. The van der Waals surface area contributed by atoms with Crippen molar-refractivity contribution in [1.29, 1.82) is 0 Å². The minimum Gasteiger partial charge on any atom is -0.294 e. The van der Waals surface area contributed by atoms with E-state index in [2.05, 4.69) is 38.3 Å². The summed E-state index contributed by atoms with van der Waals surface area (Å²) < 4.78 is 0. The Morgan fingerprint density at radius 3 is 2.59 bits per heavy atom. The summed E-state index contributed by atoms with van der Waals surface area (Å²) in [4.78, 5) is 14.3. The van der Waals surface area contributed by atoms with Gasteiger partial charge in [-0.25, -0.2) is 0 Å². The summed E-state index contributed by atoms with van der Waals surface area (Å²) in [7, 11) is 0. The lowest BCUT2D eigenvalue weighted by atomic mass is 9.51. The third kappa shape index (κ3) is 2.78. The van der Waals surface area contributed by atoms with Crippen molar-refractivity contribution >= 4 is 17.5 Å². The first-order valence-electron chi connectivity index (χ1n) is 8.39. The van der Waals surface area contributed by atoms with Gasteiger partial charge < -0.3 is 0 Å². The summed E-state index contributed by atoms with van der Waals surface area (Å²) in [5.74, 6) is 0.958. The Bertz CT molecular complexity index is 587. The Labute approximate surface area is 138 Å². The average molecular weight is 314 g/mol. The van der Waals surface area contributed by atoms with E-state index < -0.39 is 0 Å². The highest BCUT2D eigenvalue weighted by Crippen LogP contribution is 2.57. The molecule has 1 aromatic carbocycles. The lowest BCUT2D eigenvalue weighted by Crippen LogP contribution is -2.49. The largest absolute Gasteiger partial charge is 0.294 e. The molecule has 1 nitrogen and oxygen atoms in total. The second kappa shape index (κ2) is 5.88. The van der Waals surface area contributed by atoms with Gasteiger partial charge in [0.05, 0.1) is 0 Å². The average Bonchev–Trinajstić information content (AvgIpc) is 2.49. The summed E-state index contributed by atoms with van der Waals surface area (Å²) in [5.41, 5.74) is 1.22. The fourth-order valence-corrected chi connectivity index (χ4v) is 5.45. The van der Waals surface area contributed by atoms with E-state index in [0.717, 1.165) is 24.8 Å². The molecule has 2 aliphatic rings. The number of hydrogen-bond donors (Lipinski definition) is 0. The molecule has 0 amide bonds. The number of Topliss-reactive ketones (excluding diaryl/α,β-unsaturated/α-hetero) is 1. The quantitative estimate of drug-likeness (QED) is 0.502. The second-order valence-corrected chi connectivity index (χ2v) is 8.70. The van der Waals surface area contributed by atoms with E-state index >= 15 is 0 Å². The predicted octanol–water partition coefficient (Wildman–Crippen LogP) is 5.86. The topological polar surface area (TPSA) is 17.1 Å². The molecular weight excluding hydrogens is 288 g/mol. The molecule has 0 aliphatic heterocycles. The number of benzene rings is 1. The van der Waals surface area contributed by atoms with Crippen LogP contribution in [0.3, 0.4) is 0 Å². The van der Waals surface area contributed by atoms with Crippen LogP contribution in [0.4, 0.5) is 0 Å². The van der Waals surface area contributed by atoms with E-state index in [-0.39, 0.29) is 5.41 Å². The maximum absolute atomic E-state index is 13.1. The van der Waals surface area contributed by atoms with Gasteiger partial charge in [-0.05, 0) is 54.6 Å². The molecule has 2 heteroatoms. The molecule has 22 heavy (non-hydrogen) atoms. The number of rotatable bonds is 2. The number of carbonyl (C=O) groups is 1. The summed E-state index contributed by atoms with van der Waals surface area (Å²) >= 11 is 1.69. The third-order valence-electron chi connectivity index (χ3n) is 5.82. The van der Waals surface area contributed by atoms with Crippen molar-refractivity contribution in [3.05, 3.63) is 41.3 Å². The molecule has 3 rings (SSSR count). The molecule has 2 atom stereocenters. The zero-order valence-electron chi connectivity index (χ0n) is 13.9. The van der Waals surface area contributed by atoms with Crippen molar-refractivity contribution in [2.45, 2.75) is 57.8 Å². The molecule has 0 bridgehead atoms. The molecule has 1 aromatic rings. The Balaban J connectivity index is 1.81. The zero-order valence-corrected chi connectivity index (χ0v) is 14.7. The molecule has 2 aliphatic carbocycles. The number of carbonyl (C=O) groups excluding carboxylic acids is 1. The van der Waals surface area contributed by atoms with E-state index in [1.54, 1.807) is 11.8 Å². The molecule has 2 saturated carbocycles. The van der Waals surface area contributed by atoms with Gasteiger partial charge in [-0.3, -0.25) is 4.79 Å². The van der Waals surface area contributed by atoms with Crippen LogP contribution in [-0.4, -0.2) is 5.78 Å². The van der Waals surface area contributed by atoms with Gasteiger partial charge in [0.2, 0.25) is 0 Å². The van der Waals surface area contributed by atoms with E-state index in [9.17, 15) is 4.79 Å². The van der Waals surface area contributed by atoms with Gasteiger partial charge in [-0.15, -0.1) is 0 Å². The lowest BCUT2D eigenvalue weighted by molar-refractivity contribution is -0.137. The number of thioether (sulfide) groups is 1. The highest BCUT2D eigenvalue weighted by atomic mass is 32.2. The van der Waals surface area contributed by atoms with Crippen LogP contribution in [0.2, 0.25) is 0 Å². The zero-order chi connectivity index (χ0) is 15.8. The van der Waals surface area contributed by atoms with Gasteiger partial charge in [-0.2, -0.15) is 0 Å². The van der Waals surface area contributed by atoms with E-state index in [4.69, 9.17) is 0 Å². The molecule has 0 radical (unpaired) electrons. The summed E-state index contributed by atoms with van der Waals surface area (Å²) in [6.07, 6.45) is 5.62. The van der Waals surface area contributed by atoms with E-state index in [0.29, 0.717) is 17.1 Å². The number of fused-ring (bicyclic) bond motifs is 1.